The number of rotatable bonds is 5. The summed E-state index contributed by atoms with van der Waals surface area (Å²) in [6, 6.07) is 2.43. The normalized spacial score (nSPS) is 12.5. The highest BCUT2D eigenvalue weighted by atomic mass is 19.4. The van der Waals surface area contributed by atoms with Crippen LogP contribution < -0.4 is 5.32 Å². The highest BCUT2D eigenvalue weighted by Crippen LogP contribution is 2.29. The van der Waals surface area contributed by atoms with Crippen molar-refractivity contribution in [3.05, 3.63) is 70.5 Å². The Balaban J connectivity index is 2.25. The van der Waals surface area contributed by atoms with E-state index in [9.17, 15) is 35.9 Å². The maximum absolute atomic E-state index is 13.6. The van der Waals surface area contributed by atoms with Crippen LogP contribution in [-0.2, 0) is 17.4 Å². The lowest BCUT2D eigenvalue weighted by Crippen LogP contribution is -2.43. The summed E-state index contributed by atoms with van der Waals surface area (Å²) < 4.78 is 78.3. The van der Waals surface area contributed by atoms with E-state index in [1.807, 2.05) is 5.32 Å². The zero-order valence-electron chi connectivity index (χ0n) is 13.3. The number of benzene rings is 2. The second kappa shape index (κ2) is 7.68. The van der Waals surface area contributed by atoms with Crippen LogP contribution in [0.15, 0.2) is 36.4 Å². The Morgan fingerprint density at radius 1 is 1.04 bits per heavy atom. The molecule has 144 valence electrons. The number of nitrogens with one attached hydrogen (secondary N) is 1. The number of hydrogen-bond acceptors (Lipinski definition) is 2. The van der Waals surface area contributed by atoms with Crippen molar-refractivity contribution in [2.24, 2.45) is 0 Å². The number of aliphatic carboxylic acids is 1. The molecule has 27 heavy (non-hydrogen) atoms. The number of carbonyl (C=O) groups excluding carboxylic acids is 1. The number of hydrogen-bond donors (Lipinski definition) is 2. The van der Waals surface area contributed by atoms with Gasteiger partial charge in [-0.1, -0.05) is 18.2 Å². The molecule has 0 aliphatic carbocycles. The number of carboxylic acids is 1. The van der Waals surface area contributed by atoms with E-state index in [2.05, 4.69) is 0 Å². The second-order valence-corrected chi connectivity index (χ2v) is 5.51. The monoisotopic (exact) mass is 391 g/mol. The topological polar surface area (TPSA) is 66.4 Å². The highest BCUT2D eigenvalue weighted by Gasteiger charge is 2.31. The van der Waals surface area contributed by atoms with E-state index in [1.54, 1.807) is 0 Å². The third-order valence-electron chi connectivity index (χ3n) is 3.53. The van der Waals surface area contributed by atoms with Gasteiger partial charge in [-0.3, -0.25) is 4.79 Å². The van der Waals surface area contributed by atoms with Gasteiger partial charge in [-0.05, 0) is 11.6 Å². The van der Waals surface area contributed by atoms with E-state index < -0.39 is 59.1 Å². The minimum Gasteiger partial charge on any atom is -0.480 e. The third kappa shape index (κ3) is 4.99. The summed E-state index contributed by atoms with van der Waals surface area (Å²) in [5, 5.41) is 11.0. The summed E-state index contributed by atoms with van der Waals surface area (Å²) in [5.41, 5.74) is -2.30. The van der Waals surface area contributed by atoms with Gasteiger partial charge in [0.2, 0.25) is 0 Å². The van der Waals surface area contributed by atoms with E-state index in [0.29, 0.717) is 6.07 Å². The molecule has 2 rings (SSSR count). The summed E-state index contributed by atoms with van der Waals surface area (Å²) >= 11 is 0. The molecule has 0 radical (unpaired) electrons. The van der Waals surface area contributed by atoms with Crippen LogP contribution in [0.5, 0.6) is 0 Å². The highest BCUT2D eigenvalue weighted by molar-refractivity contribution is 5.97. The molecule has 0 aromatic heterocycles. The molecular formula is C17H11F6NO3. The van der Waals surface area contributed by atoms with Crippen molar-refractivity contribution in [1.29, 1.82) is 0 Å². The van der Waals surface area contributed by atoms with Gasteiger partial charge in [0.05, 0.1) is 5.56 Å². The third-order valence-corrected chi connectivity index (χ3v) is 3.53. The molecule has 1 atom stereocenters. The smallest absolute Gasteiger partial charge is 0.416 e. The average Bonchev–Trinajstić information content (AvgIpc) is 2.52. The van der Waals surface area contributed by atoms with Crippen molar-refractivity contribution in [3.63, 3.8) is 0 Å². The van der Waals surface area contributed by atoms with Gasteiger partial charge in [0.1, 0.15) is 29.1 Å². The van der Waals surface area contributed by atoms with E-state index in [1.165, 1.54) is 6.07 Å². The molecule has 0 fully saturated rings. The Kier molecular flexibility index (Phi) is 5.77. The van der Waals surface area contributed by atoms with E-state index in [4.69, 9.17) is 5.11 Å². The first-order valence-corrected chi connectivity index (χ1v) is 7.33. The summed E-state index contributed by atoms with van der Waals surface area (Å²) in [5.74, 6) is -7.49. The molecule has 2 aromatic carbocycles. The van der Waals surface area contributed by atoms with Gasteiger partial charge in [0, 0.05) is 18.6 Å². The van der Waals surface area contributed by atoms with E-state index >= 15 is 0 Å². The molecule has 0 bridgehead atoms. The summed E-state index contributed by atoms with van der Waals surface area (Å²) in [6.07, 6.45) is -5.23. The second-order valence-electron chi connectivity index (χ2n) is 5.51. The van der Waals surface area contributed by atoms with Gasteiger partial charge in [0.25, 0.3) is 5.91 Å². The Morgan fingerprint density at radius 2 is 1.63 bits per heavy atom. The Hall–Kier alpha value is -3.04. The molecule has 4 nitrogen and oxygen atoms in total. The van der Waals surface area contributed by atoms with Crippen LogP contribution in [0, 0.1) is 17.5 Å². The quantitative estimate of drug-likeness (QED) is 0.767. The van der Waals surface area contributed by atoms with Gasteiger partial charge >= 0.3 is 12.1 Å². The molecule has 0 spiro atoms. The molecule has 2 aromatic rings. The Labute approximate surface area is 148 Å². The van der Waals surface area contributed by atoms with Crippen molar-refractivity contribution in [2.75, 3.05) is 0 Å². The maximum Gasteiger partial charge on any atom is 0.416 e. The fourth-order valence-electron chi connectivity index (χ4n) is 2.30. The average molecular weight is 391 g/mol. The molecule has 10 heteroatoms. The SMILES string of the molecule is O=C(N[C@@H](Cc1cccc(C(F)(F)F)c1)C(=O)O)c1c(F)cc(F)cc1F. The molecular weight excluding hydrogens is 380 g/mol. The lowest BCUT2D eigenvalue weighted by atomic mass is 10.0. The van der Waals surface area contributed by atoms with Crippen LogP contribution >= 0.6 is 0 Å². The van der Waals surface area contributed by atoms with Crippen LogP contribution in [0.3, 0.4) is 0 Å². The molecule has 0 saturated heterocycles. The van der Waals surface area contributed by atoms with E-state index in [0.717, 1.165) is 12.1 Å². The summed E-state index contributed by atoms with van der Waals surface area (Å²) in [6.45, 7) is 0. The Morgan fingerprint density at radius 3 is 2.15 bits per heavy atom. The Bertz CT molecular complexity index is 858. The van der Waals surface area contributed by atoms with Gasteiger partial charge in [-0.25, -0.2) is 18.0 Å². The predicted molar refractivity (Wildman–Crippen MR) is 80.4 cm³/mol. The zero-order chi connectivity index (χ0) is 20.4. The first-order chi connectivity index (χ1) is 12.5. The van der Waals surface area contributed by atoms with Crippen LogP contribution in [0.1, 0.15) is 21.5 Å². The van der Waals surface area contributed by atoms with E-state index in [-0.39, 0.29) is 17.7 Å². The van der Waals surface area contributed by atoms with Crippen molar-refractivity contribution >= 4 is 11.9 Å². The maximum atomic E-state index is 13.6. The molecule has 2 N–H and O–H groups in total. The number of halogens is 6. The summed E-state index contributed by atoms with van der Waals surface area (Å²) in [4.78, 5) is 23.3. The first kappa shape index (κ1) is 20.3. The summed E-state index contributed by atoms with van der Waals surface area (Å²) in [7, 11) is 0. The molecule has 0 unspecified atom stereocenters. The molecule has 0 heterocycles. The van der Waals surface area contributed by atoms with Crippen molar-refractivity contribution in [3.8, 4) is 0 Å². The first-order valence-electron chi connectivity index (χ1n) is 7.33. The van der Waals surface area contributed by atoms with Crippen LogP contribution in [-0.4, -0.2) is 23.0 Å². The van der Waals surface area contributed by atoms with Gasteiger partial charge in [-0.2, -0.15) is 13.2 Å². The lowest BCUT2D eigenvalue weighted by Gasteiger charge is -2.16. The lowest BCUT2D eigenvalue weighted by molar-refractivity contribution is -0.139. The molecule has 1 amide bonds. The van der Waals surface area contributed by atoms with Gasteiger partial charge in [-0.15, -0.1) is 0 Å². The van der Waals surface area contributed by atoms with Crippen molar-refractivity contribution < 1.29 is 41.0 Å². The zero-order valence-corrected chi connectivity index (χ0v) is 13.3. The molecule has 0 saturated carbocycles. The molecule has 0 aliphatic rings. The molecule has 0 aliphatic heterocycles. The number of carboxylic acid groups (broad SMARTS) is 1. The van der Waals surface area contributed by atoms with Gasteiger partial charge < -0.3 is 10.4 Å². The van der Waals surface area contributed by atoms with Crippen LogP contribution in [0.4, 0.5) is 26.3 Å². The van der Waals surface area contributed by atoms with Gasteiger partial charge in [0.15, 0.2) is 0 Å². The number of alkyl halides is 3. The van der Waals surface area contributed by atoms with Crippen molar-refractivity contribution in [2.45, 2.75) is 18.6 Å². The standard InChI is InChI=1S/C17H11F6NO3/c18-10-6-11(19)14(12(20)7-10)15(25)24-13(16(26)27)5-8-2-1-3-9(4-8)17(21,22)23/h1-4,6-7,13H,5H2,(H,24,25)(H,26,27)/t13-/m0/s1. The largest absolute Gasteiger partial charge is 0.480 e. The van der Waals surface area contributed by atoms with Crippen LogP contribution in [0.25, 0.3) is 0 Å². The van der Waals surface area contributed by atoms with Crippen molar-refractivity contribution in [1.82, 2.24) is 5.32 Å². The number of carbonyl (C=O) groups is 2. The predicted octanol–water partition coefficient (Wildman–Crippen LogP) is 3.55. The fourth-order valence-corrected chi connectivity index (χ4v) is 2.30. The minimum atomic E-state index is -4.65. The minimum absolute atomic E-state index is 0.0717. The fraction of sp³-hybridized carbons (Fsp3) is 0.176. The number of amides is 1. The van der Waals surface area contributed by atoms with Crippen LogP contribution in [0.2, 0.25) is 0 Å².